The Balaban J connectivity index is 1.74. The maximum atomic E-state index is 12.1. The molecule has 1 aromatic rings. The van der Waals surface area contributed by atoms with E-state index < -0.39 is 5.60 Å². The zero-order chi connectivity index (χ0) is 18.6. The van der Waals surface area contributed by atoms with Gasteiger partial charge in [0.25, 0.3) is 0 Å². The molecule has 6 nitrogen and oxygen atoms in total. The van der Waals surface area contributed by atoms with Gasteiger partial charge in [0.1, 0.15) is 18.0 Å². The van der Waals surface area contributed by atoms with Crippen LogP contribution in [0, 0.1) is 6.92 Å². The number of benzene rings is 1. The van der Waals surface area contributed by atoms with Crippen LogP contribution < -0.4 is 10.5 Å². The van der Waals surface area contributed by atoms with E-state index in [1.54, 1.807) is 11.0 Å². The van der Waals surface area contributed by atoms with Crippen molar-refractivity contribution in [3.63, 3.8) is 0 Å². The van der Waals surface area contributed by atoms with Crippen LogP contribution in [-0.4, -0.2) is 60.8 Å². The molecule has 0 radical (unpaired) electrons. The molecule has 0 unspecified atom stereocenters. The normalized spacial score (nSPS) is 16.0. The molecule has 1 aliphatic heterocycles. The number of nitrogen functional groups attached to an aromatic ring is 1. The van der Waals surface area contributed by atoms with E-state index in [-0.39, 0.29) is 6.09 Å². The molecule has 0 saturated carbocycles. The van der Waals surface area contributed by atoms with Crippen LogP contribution in [0.4, 0.5) is 10.5 Å². The summed E-state index contributed by atoms with van der Waals surface area (Å²) in [4.78, 5) is 16.1. The van der Waals surface area contributed by atoms with Crippen molar-refractivity contribution in [2.75, 3.05) is 45.1 Å². The maximum absolute atomic E-state index is 12.1. The summed E-state index contributed by atoms with van der Waals surface area (Å²) in [5, 5.41) is 0.648. The molecule has 140 valence electrons. The SMILES string of the molecule is Cc1cc(N)c(OCCN2CCN(C(=O)OC(C)(C)C)CC2)cc1Cl. The van der Waals surface area contributed by atoms with Gasteiger partial charge in [-0.2, -0.15) is 0 Å². The van der Waals surface area contributed by atoms with E-state index in [1.807, 2.05) is 33.8 Å². The summed E-state index contributed by atoms with van der Waals surface area (Å²) in [6.07, 6.45) is -0.245. The summed E-state index contributed by atoms with van der Waals surface area (Å²) in [5.74, 6) is 0.614. The molecule has 1 saturated heterocycles. The fourth-order valence-electron chi connectivity index (χ4n) is 2.58. The summed E-state index contributed by atoms with van der Waals surface area (Å²) in [6.45, 7) is 11.8. The Morgan fingerprint density at radius 2 is 1.88 bits per heavy atom. The van der Waals surface area contributed by atoms with Gasteiger partial charge >= 0.3 is 6.09 Å². The van der Waals surface area contributed by atoms with E-state index in [2.05, 4.69) is 4.90 Å². The van der Waals surface area contributed by atoms with Crippen molar-refractivity contribution in [2.45, 2.75) is 33.3 Å². The predicted molar refractivity (Wildman–Crippen MR) is 100 cm³/mol. The molecule has 7 heteroatoms. The number of amides is 1. The van der Waals surface area contributed by atoms with Crippen molar-refractivity contribution < 1.29 is 14.3 Å². The van der Waals surface area contributed by atoms with Crippen LogP contribution in [0.1, 0.15) is 26.3 Å². The second-order valence-corrected chi connectivity index (χ2v) is 7.70. The van der Waals surface area contributed by atoms with Crippen molar-refractivity contribution in [1.29, 1.82) is 0 Å². The summed E-state index contributed by atoms with van der Waals surface area (Å²) in [7, 11) is 0. The first-order chi connectivity index (χ1) is 11.7. The van der Waals surface area contributed by atoms with Crippen LogP contribution in [0.3, 0.4) is 0 Å². The zero-order valence-electron chi connectivity index (χ0n) is 15.5. The van der Waals surface area contributed by atoms with Gasteiger partial charge in [-0.1, -0.05) is 11.6 Å². The largest absolute Gasteiger partial charge is 0.490 e. The molecular weight excluding hydrogens is 342 g/mol. The Morgan fingerprint density at radius 1 is 1.24 bits per heavy atom. The highest BCUT2D eigenvalue weighted by Crippen LogP contribution is 2.28. The van der Waals surface area contributed by atoms with Crippen LogP contribution in [0.5, 0.6) is 5.75 Å². The number of hydrogen-bond donors (Lipinski definition) is 1. The number of nitrogens with two attached hydrogens (primary N) is 1. The number of halogens is 1. The Kier molecular flexibility index (Phi) is 6.41. The van der Waals surface area contributed by atoms with E-state index in [9.17, 15) is 4.79 Å². The van der Waals surface area contributed by atoms with Gasteiger partial charge in [-0.05, 0) is 39.3 Å². The average molecular weight is 370 g/mol. The minimum atomic E-state index is -0.461. The number of hydrogen-bond acceptors (Lipinski definition) is 5. The topological polar surface area (TPSA) is 68.0 Å². The van der Waals surface area contributed by atoms with Crippen molar-refractivity contribution in [3.05, 3.63) is 22.7 Å². The second-order valence-electron chi connectivity index (χ2n) is 7.30. The lowest BCUT2D eigenvalue weighted by Gasteiger charge is -2.35. The van der Waals surface area contributed by atoms with Crippen LogP contribution in [-0.2, 0) is 4.74 Å². The van der Waals surface area contributed by atoms with Crippen LogP contribution in [0.25, 0.3) is 0 Å². The predicted octanol–water partition coefficient (Wildman–Crippen LogP) is 3.16. The Hall–Kier alpha value is -1.66. The first-order valence-corrected chi connectivity index (χ1v) is 8.92. The number of aryl methyl sites for hydroxylation is 1. The first-order valence-electron chi connectivity index (χ1n) is 8.54. The highest BCUT2D eigenvalue weighted by atomic mass is 35.5. The van der Waals surface area contributed by atoms with E-state index in [1.165, 1.54) is 0 Å². The van der Waals surface area contributed by atoms with Crippen molar-refractivity contribution in [3.8, 4) is 5.75 Å². The third kappa shape index (κ3) is 5.97. The Labute approximate surface area is 154 Å². The number of piperazine rings is 1. The fourth-order valence-corrected chi connectivity index (χ4v) is 2.73. The number of ether oxygens (including phenoxy) is 2. The molecular formula is C18H28ClN3O3. The molecule has 25 heavy (non-hydrogen) atoms. The number of carbonyl (C=O) groups is 1. The van der Waals surface area contributed by atoms with E-state index in [4.69, 9.17) is 26.8 Å². The van der Waals surface area contributed by atoms with Gasteiger partial charge in [0, 0.05) is 43.8 Å². The second kappa shape index (κ2) is 8.15. The van der Waals surface area contributed by atoms with E-state index in [0.29, 0.717) is 36.2 Å². The lowest BCUT2D eigenvalue weighted by molar-refractivity contribution is 0.0137. The number of nitrogens with zero attached hydrogens (tertiary/aromatic N) is 2. The lowest BCUT2D eigenvalue weighted by Crippen LogP contribution is -2.50. The van der Waals surface area contributed by atoms with Gasteiger partial charge in [-0.25, -0.2) is 4.79 Å². The van der Waals surface area contributed by atoms with Crippen molar-refractivity contribution in [2.24, 2.45) is 0 Å². The summed E-state index contributed by atoms with van der Waals surface area (Å²) < 4.78 is 11.2. The Bertz CT molecular complexity index is 608. The first kappa shape index (κ1) is 19.7. The smallest absolute Gasteiger partial charge is 0.410 e. The molecule has 1 heterocycles. The third-order valence-corrected chi connectivity index (χ3v) is 4.39. The Morgan fingerprint density at radius 3 is 2.48 bits per heavy atom. The number of carbonyl (C=O) groups excluding carboxylic acids is 1. The lowest BCUT2D eigenvalue weighted by atomic mass is 10.2. The minimum Gasteiger partial charge on any atom is -0.490 e. The monoisotopic (exact) mass is 369 g/mol. The minimum absolute atomic E-state index is 0.245. The van der Waals surface area contributed by atoms with Crippen molar-refractivity contribution in [1.82, 2.24) is 9.80 Å². The molecule has 1 aliphatic rings. The maximum Gasteiger partial charge on any atom is 0.410 e. The highest BCUT2D eigenvalue weighted by molar-refractivity contribution is 6.31. The van der Waals surface area contributed by atoms with E-state index in [0.717, 1.165) is 25.2 Å². The van der Waals surface area contributed by atoms with Gasteiger partial charge < -0.3 is 20.1 Å². The number of rotatable bonds is 4. The van der Waals surface area contributed by atoms with Crippen LogP contribution in [0.2, 0.25) is 5.02 Å². The van der Waals surface area contributed by atoms with Crippen LogP contribution in [0.15, 0.2) is 12.1 Å². The standard InChI is InChI=1S/C18H28ClN3O3/c1-13-11-15(20)16(12-14(13)19)24-10-9-21-5-7-22(8-6-21)17(23)25-18(2,3)4/h11-12H,5-10,20H2,1-4H3. The van der Waals surface area contributed by atoms with Gasteiger partial charge in [0.15, 0.2) is 0 Å². The van der Waals surface area contributed by atoms with Crippen LogP contribution >= 0.6 is 11.6 Å². The zero-order valence-corrected chi connectivity index (χ0v) is 16.2. The van der Waals surface area contributed by atoms with Gasteiger partial charge in [0.2, 0.25) is 0 Å². The molecule has 1 fully saturated rings. The third-order valence-electron chi connectivity index (χ3n) is 3.98. The molecule has 1 amide bonds. The molecule has 0 aliphatic carbocycles. The molecule has 0 spiro atoms. The van der Waals surface area contributed by atoms with Gasteiger partial charge in [0.05, 0.1) is 5.69 Å². The number of anilines is 1. The fraction of sp³-hybridized carbons (Fsp3) is 0.611. The average Bonchev–Trinajstić information content (AvgIpc) is 2.51. The molecule has 0 bridgehead atoms. The molecule has 2 rings (SSSR count). The molecule has 0 atom stereocenters. The summed E-state index contributed by atoms with van der Waals surface area (Å²) in [5.41, 5.74) is 7.02. The van der Waals surface area contributed by atoms with E-state index >= 15 is 0 Å². The summed E-state index contributed by atoms with van der Waals surface area (Å²) in [6, 6.07) is 3.57. The summed E-state index contributed by atoms with van der Waals surface area (Å²) >= 11 is 6.11. The molecule has 0 aromatic heterocycles. The molecule has 1 aromatic carbocycles. The van der Waals surface area contributed by atoms with Crippen molar-refractivity contribution >= 4 is 23.4 Å². The van der Waals surface area contributed by atoms with Gasteiger partial charge in [-0.3, -0.25) is 4.90 Å². The van der Waals surface area contributed by atoms with Gasteiger partial charge in [-0.15, -0.1) is 0 Å². The highest BCUT2D eigenvalue weighted by Gasteiger charge is 2.25. The molecule has 2 N–H and O–H groups in total. The quantitative estimate of drug-likeness (QED) is 0.825.